The van der Waals surface area contributed by atoms with E-state index in [2.05, 4.69) is 20.1 Å². The highest BCUT2D eigenvalue weighted by Crippen LogP contribution is 2.38. The number of aromatic amines is 1. The molecule has 282 valence electrons. The summed E-state index contributed by atoms with van der Waals surface area (Å²) in [6, 6.07) is 9.21. The molecule has 7 atom stereocenters. The molecule has 0 bridgehead atoms. The van der Waals surface area contributed by atoms with Crippen molar-refractivity contribution in [2.45, 2.75) is 77.8 Å². The predicted octanol–water partition coefficient (Wildman–Crippen LogP) is 4.59. The molecule has 2 heterocycles. The number of carbonyl (C=O) groups excluding carboxylic acids is 4. The van der Waals surface area contributed by atoms with Gasteiger partial charge in [-0.15, -0.1) is 0 Å². The summed E-state index contributed by atoms with van der Waals surface area (Å²) in [5.74, 6) is -3.30. The fourth-order valence-electron chi connectivity index (χ4n) is 6.25. The van der Waals surface area contributed by atoms with Gasteiger partial charge in [-0.2, -0.15) is 0 Å². The number of methoxy groups -OCH3 is 1. The van der Waals surface area contributed by atoms with E-state index >= 15 is 0 Å². The Kier molecular flexibility index (Phi) is 13.3. The van der Waals surface area contributed by atoms with Gasteiger partial charge in [0.2, 0.25) is 17.7 Å². The largest absolute Gasteiger partial charge is 0.524 e. The Morgan fingerprint density at radius 1 is 0.981 bits per heavy atom. The van der Waals surface area contributed by atoms with Gasteiger partial charge in [0.15, 0.2) is 6.10 Å². The number of carbonyl (C=O) groups is 4. The van der Waals surface area contributed by atoms with Crippen LogP contribution in [0.5, 0.6) is 5.75 Å². The normalized spacial score (nSPS) is 27.2. The molecule has 1 aromatic heterocycles. The average molecular weight is 761 g/mol. The summed E-state index contributed by atoms with van der Waals surface area (Å²) in [6.07, 6.45) is 0.194. The topological polar surface area (TPSA) is 197 Å². The molecule has 0 radical (unpaired) electrons. The van der Waals surface area contributed by atoms with Gasteiger partial charge < -0.3 is 34.5 Å². The Balaban J connectivity index is 1.83. The van der Waals surface area contributed by atoms with E-state index in [9.17, 15) is 33.5 Å². The van der Waals surface area contributed by atoms with Crippen LogP contribution < -0.4 is 15.2 Å². The van der Waals surface area contributed by atoms with E-state index in [-0.39, 0.29) is 29.1 Å². The van der Waals surface area contributed by atoms with Crippen molar-refractivity contribution in [3.63, 3.8) is 0 Å². The number of benzene rings is 2. The maximum Gasteiger partial charge on any atom is 0.524 e. The number of para-hydroxylation sites is 1. The van der Waals surface area contributed by atoms with Gasteiger partial charge in [-0.3, -0.25) is 24.2 Å². The number of ether oxygens (including phenoxy) is 2. The lowest BCUT2D eigenvalue weighted by molar-refractivity contribution is -0.164. The minimum atomic E-state index is -4.88. The standard InChI is InChI=1S/C36H46ClN4O10P/c1-19-16-20(2)23(5)50-36(45)31(49-7)30(24-12-14-25(15-13-24)51-52(46,47)48)40-34(43)29(18-27-26-10-8-9-11-28(26)39-32(27)37)41(6)35(44)22(4)38-33(42)21(3)17-19/h8-16,20-23,29-31,39H,17-18H2,1-7H3,(H,38,42)(H,40,43)(H2,46,47,48)/b19-16-/t20-,21-,22-,23+,29+,30?,31-/m0/s1. The third-order valence-corrected chi connectivity index (χ3v) is 9.99. The molecule has 5 N–H and O–H groups in total. The number of phosphoric acid groups is 1. The van der Waals surface area contributed by atoms with Crippen LogP contribution >= 0.6 is 19.4 Å². The van der Waals surface area contributed by atoms with E-state index in [0.29, 0.717) is 17.5 Å². The first kappa shape index (κ1) is 40.6. The van der Waals surface area contributed by atoms with Crippen LogP contribution in [0.25, 0.3) is 10.9 Å². The summed E-state index contributed by atoms with van der Waals surface area (Å²) in [5.41, 5.74) is 2.47. The number of nitrogens with zero attached hydrogens (tertiary/aromatic N) is 1. The number of allylic oxidation sites excluding steroid dienone is 1. The smallest absolute Gasteiger partial charge is 0.460 e. The minimum absolute atomic E-state index is 0.0591. The van der Waals surface area contributed by atoms with Crippen LogP contribution in [0.15, 0.2) is 60.2 Å². The Hall–Kier alpha value is -4.20. The molecule has 0 aliphatic carbocycles. The number of amides is 3. The maximum absolute atomic E-state index is 14.5. The Labute approximate surface area is 307 Å². The van der Waals surface area contributed by atoms with Crippen LogP contribution in [0.1, 0.15) is 58.2 Å². The molecule has 0 spiro atoms. The summed E-state index contributed by atoms with van der Waals surface area (Å²) < 4.78 is 27.7. The lowest BCUT2D eigenvalue weighted by Crippen LogP contribution is -2.56. The Morgan fingerprint density at radius 2 is 1.63 bits per heavy atom. The highest BCUT2D eigenvalue weighted by molar-refractivity contribution is 7.46. The summed E-state index contributed by atoms with van der Waals surface area (Å²) >= 11 is 6.65. The van der Waals surface area contributed by atoms with Gasteiger partial charge in [0, 0.05) is 43.3 Å². The zero-order valence-electron chi connectivity index (χ0n) is 30.1. The number of aromatic nitrogens is 1. The summed E-state index contributed by atoms with van der Waals surface area (Å²) in [7, 11) is -2.15. The molecular weight excluding hydrogens is 715 g/mol. The van der Waals surface area contributed by atoms with E-state index < -0.39 is 61.9 Å². The number of esters is 1. The Bertz CT molecular complexity index is 1860. The second kappa shape index (κ2) is 17.1. The number of phosphoric ester groups is 1. The number of fused-ring (bicyclic) bond motifs is 1. The van der Waals surface area contributed by atoms with Gasteiger partial charge in [-0.1, -0.05) is 67.4 Å². The minimum Gasteiger partial charge on any atom is -0.460 e. The first-order valence-corrected chi connectivity index (χ1v) is 18.7. The molecule has 1 aliphatic heterocycles. The molecule has 52 heavy (non-hydrogen) atoms. The molecule has 0 saturated carbocycles. The summed E-state index contributed by atoms with van der Waals surface area (Å²) in [6.45, 7) is 8.76. The van der Waals surface area contributed by atoms with Crippen LogP contribution in [0.4, 0.5) is 0 Å². The van der Waals surface area contributed by atoms with Gasteiger partial charge in [-0.05, 0) is 56.5 Å². The summed E-state index contributed by atoms with van der Waals surface area (Å²) in [5, 5.41) is 6.67. The molecule has 3 amide bonds. The number of nitrogens with one attached hydrogen (secondary N) is 3. The van der Waals surface area contributed by atoms with Crippen LogP contribution in [-0.4, -0.2) is 81.8 Å². The molecule has 0 fully saturated rings. The number of halogens is 1. The summed E-state index contributed by atoms with van der Waals surface area (Å²) in [4.78, 5) is 78.4. The lowest BCUT2D eigenvalue weighted by Gasteiger charge is -2.33. The number of rotatable bonds is 6. The van der Waals surface area contributed by atoms with Crippen LogP contribution in [0.3, 0.4) is 0 Å². The van der Waals surface area contributed by atoms with E-state index in [1.165, 1.54) is 43.3 Å². The van der Waals surface area contributed by atoms with Crippen LogP contribution in [-0.2, 0) is 39.6 Å². The third-order valence-electron chi connectivity index (χ3n) is 9.22. The number of cyclic esters (lactones) is 1. The van der Waals surface area contributed by atoms with Crippen molar-refractivity contribution in [1.82, 2.24) is 20.5 Å². The second-order valence-corrected chi connectivity index (χ2v) is 14.8. The van der Waals surface area contributed by atoms with E-state index in [1.54, 1.807) is 20.8 Å². The SMILES string of the molecule is CO[C@@H]1C(=O)O[C@H](C)[C@@H](C)/C=C(/C)C[C@H](C)C(=O)N[C@@H](C)C(=O)N(C)[C@H](Cc2c(Cl)[nH]c3ccccc23)C(=O)NC1c1ccc(OP(=O)(O)O)cc1. The molecule has 2 aromatic carbocycles. The predicted molar refractivity (Wildman–Crippen MR) is 194 cm³/mol. The monoisotopic (exact) mass is 760 g/mol. The zero-order valence-corrected chi connectivity index (χ0v) is 31.7. The fourth-order valence-corrected chi connectivity index (χ4v) is 6.93. The molecule has 16 heteroatoms. The van der Waals surface area contributed by atoms with E-state index in [1.807, 2.05) is 44.2 Å². The van der Waals surface area contributed by atoms with Crippen molar-refractivity contribution in [3.8, 4) is 5.75 Å². The molecular formula is C36H46ClN4O10P. The second-order valence-electron chi connectivity index (χ2n) is 13.3. The molecule has 3 aromatic rings. The van der Waals surface area contributed by atoms with E-state index in [4.69, 9.17) is 21.1 Å². The molecule has 4 rings (SSSR count). The van der Waals surface area contributed by atoms with Crippen molar-refractivity contribution in [2.24, 2.45) is 11.8 Å². The van der Waals surface area contributed by atoms with Gasteiger partial charge in [-0.25, -0.2) is 9.36 Å². The quantitative estimate of drug-likeness (QED) is 0.135. The molecule has 0 saturated heterocycles. The van der Waals surface area contributed by atoms with E-state index in [0.717, 1.165) is 16.5 Å². The number of hydrogen-bond donors (Lipinski definition) is 5. The van der Waals surface area contributed by atoms with Crippen molar-refractivity contribution < 1.29 is 47.5 Å². The van der Waals surface area contributed by atoms with Gasteiger partial charge in [0.1, 0.15) is 29.1 Å². The van der Waals surface area contributed by atoms with Crippen molar-refractivity contribution in [3.05, 3.63) is 76.5 Å². The average Bonchev–Trinajstić information content (AvgIpc) is 3.39. The van der Waals surface area contributed by atoms with Crippen molar-refractivity contribution in [1.29, 1.82) is 0 Å². The van der Waals surface area contributed by atoms with Crippen LogP contribution in [0.2, 0.25) is 5.15 Å². The van der Waals surface area contributed by atoms with Crippen LogP contribution in [0, 0.1) is 11.8 Å². The number of likely N-dealkylation sites (N-methyl/N-ethyl adjacent to an activating group) is 1. The highest BCUT2D eigenvalue weighted by Gasteiger charge is 2.38. The molecule has 14 nitrogen and oxygen atoms in total. The fraction of sp³-hybridized carbons (Fsp3) is 0.444. The number of H-pyrrole nitrogens is 1. The van der Waals surface area contributed by atoms with Crippen molar-refractivity contribution >= 4 is 54.0 Å². The lowest BCUT2D eigenvalue weighted by atomic mass is 9.95. The first-order chi connectivity index (χ1) is 24.4. The highest BCUT2D eigenvalue weighted by atomic mass is 35.5. The number of hydrogen-bond acceptors (Lipinski definition) is 8. The van der Waals surface area contributed by atoms with Gasteiger partial charge in [0.05, 0.1) is 6.04 Å². The Morgan fingerprint density at radius 3 is 2.27 bits per heavy atom. The third kappa shape index (κ3) is 10.0. The maximum atomic E-state index is 14.5. The van der Waals surface area contributed by atoms with Gasteiger partial charge >= 0.3 is 13.8 Å². The zero-order chi connectivity index (χ0) is 38.5. The van der Waals surface area contributed by atoms with Crippen molar-refractivity contribution in [2.75, 3.05) is 14.2 Å². The van der Waals surface area contributed by atoms with Gasteiger partial charge in [0.25, 0.3) is 0 Å². The first-order valence-electron chi connectivity index (χ1n) is 16.8. The molecule has 1 unspecified atom stereocenters. The molecule has 1 aliphatic rings.